The summed E-state index contributed by atoms with van der Waals surface area (Å²) < 4.78 is 5.37. The van der Waals surface area contributed by atoms with Crippen LogP contribution in [0, 0.1) is 6.92 Å². The summed E-state index contributed by atoms with van der Waals surface area (Å²) in [6.07, 6.45) is 0.906. The second kappa shape index (κ2) is 7.83. The van der Waals surface area contributed by atoms with Gasteiger partial charge in [-0.05, 0) is 13.0 Å². The molecule has 0 radical (unpaired) electrons. The number of para-hydroxylation sites is 1. The summed E-state index contributed by atoms with van der Waals surface area (Å²) in [7, 11) is 1.67. The van der Waals surface area contributed by atoms with Crippen LogP contribution in [-0.4, -0.2) is 54.6 Å². The number of anilines is 2. The van der Waals surface area contributed by atoms with Crippen molar-refractivity contribution in [2.45, 2.75) is 13.5 Å². The van der Waals surface area contributed by atoms with Gasteiger partial charge in [-0.15, -0.1) is 0 Å². The van der Waals surface area contributed by atoms with Crippen molar-refractivity contribution >= 4 is 18.2 Å². The molecule has 2 aromatic rings. The summed E-state index contributed by atoms with van der Waals surface area (Å²) in [5.41, 5.74) is 1.96. The highest BCUT2D eigenvalue weighted by molar-refractivity contribution is 5.50. The first-order valence-electron chi connectivity index (χ1n) is 8.35. The lowest BCUT2D eigenvalue weighted by Gasteiger charge is -2.33. The number of carbonyl (C=O) groups is 1. The van der Waals surface area contributed by atoms with Gasteiger partial charge in [-0.3, -0.25) is 4.79 Å². The molecule has 1 amide bonds. The molecule has 1 N–H and O–H groups in total. The summed E-state index contributed by atoms with van der Waals surface area (Å²) in [6, 6.07) is 9.86. The first kappa shape index (κ1) is 17.0. The number of piperazine rings is 1. The number of ether oxygens (including phenoxy) is 1. The first-order chi connectivity index (χ1) is 12.2. The molecule has 0 unspecified atom stereocenters. The molecule has 2 heterocycles. The number of nitrogens with zero attached hydrogens (tertiary/aromatic N) is 4. The van der Waals surface area contributed by atoms with E-state index in [-0.39, 0.29) is 0 Å². The summed E-state index contributed by atoms with van der Waals surface area (Å²) in [6.45, 7) is 5.54. The fraction of sp³-hybridized carbons (Fsp3) is 0.389. The molecule has 1 aliphatic rings. The number of aromatic nitrogens is 2. The van der Waals surface area contributed by atoms with Crippen LogP contribution in [0.25, 0.3) is 0 Å². The van der Waals surface area contributed by atoms with Gasteiger partial charge >= 0.3 is 0 Å². The van der Waals surface area contributed by atoms with Crippen LogP contribution in [0.5, 0.6) is 5.75 Å². The molecule has 0 bridgehead atoms. The van der Waals surface area contributed by atoms with Gasteiger partial charge in [0.2, 0.25) is 12.4 Å². The van der Waals surface area contributed by atoms with E-state index < -0.39 is 0 Å². The van der Waals surface area contributed by atoms with Crippen molar-refractivity contribution in [3.05, 3.63) is 41.6 Å². The monoisotopic (exact) mass is 341 g/mol. The second-order valence-electron chi connectivity index (χ2n) is 5.98. The number of methoxy groups -OCH3 is 1. The number of benzene rings is 1. The zero-order chi connectivity index (χ0) is 17.6. The number of amides is 1. The molecule has 1 aromatic carbocycles. The number of aryl methyl sites for hydroxylation is 1. The lowest BCUT2D eigenvalue weighted by atomic mass is 10.2. The Morgan fingerprint density at radius 2 is 1.96 bits per heavy atom. The number of nitrogens with one attached hydrogen (secondary N) is 1. The largest absolute Gasteiger partial charge is 0.496 e. The third-order valence-corrected chi connectivity index (χ3v) is 4.26. The van der Waals surface area contributed by atoms with Gasteiger partial charge < -0.3 is 19.9 Å². The van der Waals surface area contributed by atoms with Gasteiger partial charge in [0.25, 0.3) is 0 Å². The zero-order valence-electron chi connectivity index (χ0n) is 14.6. The minimum absolute atomic E-state index is 0.589. The van der Waals surface area contributed by atoms with Gasteiger partial charge in [0.05, 0.1) is 7.11 Å². The lowest BCUT2D eigenvalue weighted by Crippen LogP contribution is -2.46. The van der Waals surface area contributed by atoms with E-state index in [1.54, 1.807) is 12.0 Å². The van der Waals surface area contributed by atoms with E-state index in [9.17, 15) is 4.79 Å². The van der Waals surface area contributed by atoms with Crippen molar-refractivity contribution in [1.82, 2.24) is 14.9 Å². The molecule has 1 saturated heterocycles. The molecule has 1 aromatic heterocycles. The summed E-state index contributed by atoms with van der Waals surface area (Å²) >= 11 is 0. The Morgan fingerprint density at radius 1 is 1.20 bits per heavy atom. The molecular formula is C18H23N5O2. The normalized spacial score (nSPS) is 14.3. The van der Waals surface area contributed by atoms with Crippen LogP contribution in [0.3, 0.4) is 0 Å². The third-order valence-electron chi connectivity index (χ3n) is 4.26. The van der Waals surface area contributed by atoms with Crippen LogP contribution >= 0.6 is 0 Å². The molecule has 1 fully saturated rings. The van der Waals surface area contributed by atoms with E-state index in [4.69, 9.17) is 4.74 Å². The fourth-order valence-corrected chi connectivity index (χ4v) is 2.87. The van der Waals surface area contributed by atoms with Crippen molar-refractivity contribution in [2.75, 3.05) is 43.5 Å². The average Bonchev–Trinajstić information content (AvgIpc) is 2.66. The van der Waals surface area contributed by atoms with Crippen LogP contribution in [0.15, 0.2) is 30.3 Å². The zero-order valence-corrected chi connectivity index (χ0v) is 14.6. The Kier molecular flexibility index (Phi) is 5.33. The number of hydrogen-bond acceptors (Lipinski definition) is 6. The highest BCUT2D eigenvalue weighted by Gasteiger charge is 2.17. The van der Waals surface area contributed by atoms with Gasteiger partial charge in [-0.1, -0.05) is 18.2 Å². The smallest absolute Gasteiger partial charge is 0.225 e. The van der Waals surface area contributed by atoms with Crippen LogP contribution in [-0.2, 0) is 11.3 Å². The van der Waals surface area contributed by atoms with Crippen molar-refractivity contribution in [3.8, 4) is 5.75 Å². The predicted molar refractivity (Wildman–Crippen MR) is 96.9 cm³/mol. The van der Waals surface area contributed by atoms with Crippen molar-refractivity contribution in [1.29, 1.82) is 0 Å². The van der Waals surface area contributed by atoms with Crippen LogP contribution in [0.1, 0.15) is 11.3 Å². The average molecular weight is 341 g/mol. The van der Waals surface area contributed by atoms with E-state index in [1.165, 1.54) is 0 Å². The topological polar surface area (TPSA) is 70.6 Å². The van der Waals surface area contributed by atoms with Crippen LogP contribution in [0.4, 0.5) is 11.8 Å². The Hall–Kier alpha value is -2.83. The molecule has 0 atom stereocenters. The van der Waals surface area contributed by atoms with Gasteiger partial charge in [0, 0.05) is 50.0 Å². The van der Waals surface area contributed by atoms with Gasteiger partial charge in [0.1, 0.15) is 11.6 Å². The Balaban J connectivity index is 1.70. The number of rotatable bonds is 6. The van der Waals surface area contributed by atoms with E-state index in [2.05, 4.69) is 20.2 Å². The molecule has 1 aliphatic heterocycles. The number of carbonyl (C=O) groups excluding carboxylic acids is 1. The molecule has 3 rings (SSSR count). The maximum Gasteiger partial charge on any atom is 0.225 e. The van der Waals surface area contributed by atoms with Crippen LogP contribution in [0.2, 0.25) is 0 Å². The standard InChI is InChI=1S/C18H23N5O2/c1-14-11-17(23-9-7-22(13-24)8-10-23)21-18(20-14)19-12-15-5-3-4-6-16(15)25-2/h3-6,11,13H,7-10,12H2,1-2H3,(H,19,20,21). The van der Waals surface area contributed by atoms with Crippen molar-refractivity contribution < 1.29 is 9.53 Å². The molecule has 7 nitrogen and oxygen atoms in total. The van der Waals surface area contributed by atoms with Crippen molar-refractivity contribution in [2.24, 2.45) is 0 Å². The quantitative estimate of drug-likeness (QED) is 0.806. The summed E-state index contributed by atoms with van der Waals surface area (Å²) in [5.74, 6) is 2.33. The van der Waals surface area contributed by atoms with Gasteiger partial charge in [0.15, 0.2) is 0 Å². The van der Waals surface area contributed by atoms with Crippen molar-refractivity contribution in [3.63, 3.8) is 0 Å². The highest BCUT2D eigenvalue weighted by atomic mass is 16.5. The Labute approximate surface area is 147 Å². The second-order valence-corrected chi connectivity index (χ2v) is 5.98. The molecule has 0 spiro atoms. The summed E-state index contributed by atoms with van der Waals surface area (Å²) in [4.78, 5) is 23.9. The SMILES string of the molecule is COc1ccccc1CNc1nc(C)cc(N2CCN(C=O)CC2)n1. The van der Waals surface area contributed by atoms with E-state index in [1.807, 2.05) is 37.3 Å². The minimum Gasteiger partial charge on any atom is -0.496 e. The summed E-state index contributed by atoms with van der Waals surface area (Å²) in [5, 5.41) is 3.28. The molecule has 25 heavy (non-hydrogen) atoms. The molecular weight excluding hydrogens is 318 g/mol. The maximum atomic E-state index is 10.8. The Morgan fingerprint density at radius 3 is 2.68 bits per heavy atom. The van der Waals surface area contributed by atoms with E-state index >= 15 is 0 Å². The number of hydrogen-bond donors (Lipinski definition) is 1. The molecule has 7 heteroatoms. The fourth-order valence-electron chi connectivity index (χ4n) is 2.87. The van der Waals surface area contributed by atoms with Gasteiger partial charge in [-0.2, -0.15) is 4.98 Å². The first-order valence-corrected chi connectivity index (χ1v) is 8.35. The molecule has 0 saturated carbocycles. The molecule has 0 aliphatic carbocycles. The third kappa shape index (κ3) is 4.17. The minimum atomic E-state index is 0.589. The predicted octanol–water partition coefficient (Wildman–Crippen LogP) is 1.68. The van der Waals surface area contributed by atoms with E-state index in [0.29, 0.717) is 12.5 Å². The van der Waals surface area contributed by atoms with Crippen LogP contribution < -0.4 is 15.0 Å². The maximum absolute atomic E-state index is 10.8. The Bertz CT molecular complexity index is 729. The molecule has 132 valence electrons. The van der Waals surface area contributed by atoms with Gasteiger partial charge in [-0.25, -0.2) is 4.98 Å². The lowest BCUT2D eigenvalue weighted by molar-refractivity contribution is -0.118. The van der Waals surface area contributed by atoms with E-state index in [0.717, 1.165) is 55.4 Å². The highest BCUT2D eigenvalue weighted by Crippen LogP contribution is 2.20.